The lowest BCUT2D eigenvalue weighted by Gasteiger charge is -2.27. The van der Waals surface area contributed by atoms with Crippen LogP contribution in [0.15, 0.2) is 29.3 Å². The van der Waals surface area contributed by atoms with Crippen LogP contribution in [-0.4, -0.2) is 48.0 Å². The number of nitrogens with one attached hydrogen (secondary N) is 2. The number of anilines is 1. The molecular weight excluding hydrogens is 358 g/mol. The molecule has 4 heterocycles. The van der Waals surface area contributed by atoms with Crippen LogP contribution in [-0.2, 0) is 17.8 Å². The minimum Gasteiger partial charge on any atom is -0.361 e. The van der Waals surface area contributed by atoms with Crippen LogP contribution < -0.4 is 21.2 Å². The minimum absolute atomic E-state index is 0.0942. The Morgan fingerprint density at radius 3 is 3.15 bits per heavy atom. The summed E-state index contributed by atoms with van der Waals surface area (Å²) < 4.78 is 0. The average Bonchev–Trinajstić information content (AvgIpc) is 3.43. The number of carbonyl (C=O) groups is 1. The summed E-state index contributed by atoms with van der Waals surface area (Å²) in [5.41, 5.74) is 1.15. The van der Waals surface area contributed by atoms with Crippen LogP contribution in [0.1, 0.15) is 17.0 Å². The second-order valence-corrected chi connectivity index (χ2v) is 8.52. The van der Waals surface area contributed by atoms with E-state index in [-0.39, 0.29) is 11.9 Å². The van der Waals surface area contributed by atoms with Crippen molar-refractivity contribution in [2.24, 2.45) is 10.9 Å². The molecule has 0 bridgehead atoms. The first-order chi connectivity index (χ1) is 13.3. The number of nitrogens with zero attached hydrogens (tertiary/aromatic N) is 3. The van der Waals surface area contributed by atoms with Crippen molar-refractivity contribution in [3.63, 3.8) is 0 Å². The highest BCUT2D eigenvalue weighted by Gasteiger charge is 2.29. The van der Waals surface area contributed by atoms with Gasteiger partial charge < -0.3 is 15.5 Å². The Kier molecular flexibility index (Phi) is 4.41. The minimum atomic E-state index is -0.385. The van der Waals surface area contributed by atoms with Gasteiger partial charge in [-0.2, -0.15) is 0 Å². The lowest BCUT2D eigenvalue weighted by atomic mass is 10.1. The molecule has 0 spiro atoms. The fraction of sp³-hybridized carbons (Fsp3) is 0.450. The summed E-state index contributed by atoms with van der Waals surface area (Å²) in [7, 11) is 0. The molecule has 3 aliphatic rings. The highest BCUT2D eigenvalue weighted by Crippen LogP contribution is 2.29. The zero-order chi connectivity index (χ0) is 18.2. The zero-order valence-corrected chi connectivity index (χ0v) is 16.0. The van der Waals surface area contributed by atoms with Crippen molar-refractivity contribution < 1.29 is 4.79 Å². The molecule has 1 aromatic carbocycles. The smallest absolute Gasteiger partial charge is 0.251 e. The van der Waals surface area contributed by atoms with E-state index in [0.717, 1.165) is 54.0 Å². The summed E-state index contributed by atoms with van der Waals surface area (Å²) >= 11 is 1.69. The normalized spacial score (nSPS) is 23.3. The van der Waals surface area contributed by atoms with E-state index in [9.17, 15) is 4.79 Å². The molecule has 140 valence electrons. The van der Waals surface area contributed by atoms with Crippen molar-refractivity contribution in [3.05, 3.63) is 45.4 Å². The second-order valence-electron chi connectivity index (χ2n) is 7.44. The van der Waals surface area contributed by atoms with Crippen LogP contribution in [0, 0.1) is 5.92 Å². The molecule has 2 atom stereocenters. The van der Waals surface area contributed by atoms with Gasteiger partial charge in [-0.1, -0.05) is 29.5 Å². The van der Waals surface area contributed by atoms with Gasteiger partial charge in [-0.05, 0) is 42.8 Å². The molecule has 0 saturated carbocycles. The van der Waals surface area contributed by atoms with Crippen LogP contribution in [0.5, 0.6) is 0 Å². The molecule has 2 aromatic rings. The number of carbonyl (C=O) groups excluding carboxylic acids is 1. The average molecular weight is 382 g/mol. The van der Waals surface area contributed by atoms with E-state index in [1.807, 2.05) is 35.2 Å². The van der Waals surface area contributed by atoms with E-state index < -0.39 is 0 Å². The van der Waals surface area contributed by atoms with Crippen LogP contribution >= 0.6 is 11.3 Å². The zero-order valence-electron chi connectivity index (χ0n) is 15.1. The van der Waals surface area contributed by atoms with Crippen molar-refractivity contribution in [3.8, 4) is 0 Å². The Morgan fingerprint density at radius 1 is 1.37 bits per heavy atom. The van der Waals surface area contributed by atoms with Crippen molar-refractivity contribution in [1.82, 2.24) is 15.2 Å². The summed E-state index contributed by atoms with van der Waals surface area (Å²) in [6.07, 6.45) is 4.02. The number of thiazole rings is 1. The Balaban J connectivity index is 1.25. The van der Waals surface area contributed by atoms with Crippen molar-refractivity contribution in [2.75, 3.05) is 31.5 Å². The standard InChI is InChI=1S/C20H23N5OS/c26-19(17-9-14-3-1-2-4-15(14)23-17)25-8-6-16-18(12-25)27-20(24-16)22-11-13-5-7-21-10-13/h1-4,9,13,17,21H,5-8,10-12H2,(H,22,24). The predicted octanol–water partition coefficient (Wildman–Crippen LogP) is 0.532. The fourth-order valence-electron chi connectivity index (χ4n) is 4.00. The van der Waals surface area contributed by atoms with Gasteiger partial charge in [-0.25, -0.2) is 4.98 Å². The van der Waals surface area contributed by atoms with E-state index in [4.69, 9.17) is 4.98 Å². The maximum Gasteiger partial charge on any atom is 0.251 e. The van der Waals surface area contributed by atoms with Gasteiger partial charge in [0.25, 0.3) is 5.91 Å². The van der Waals surface area contributed by atoms with E-state index >= 15 is 0 Å². The maximum atomic E-state index is 12.9. The van der Waals surface area contributed by atoms with Gasteiger partial charge in [-0.3, -0.25) is 9.79 Å². The summed E-state index contributed by atoms with van der Waals surface area (Å²) in [4.78, 5) is 25.4. The summed E-state index contributed by atoms with van der Waals surface area (Å²) in [5, 5.41) is 9.85. The predicted molar refractivity (Wildman–Crippen MR) is 106 cm³/mol. The molecule has 1 fully saturated rings. The van der Waals surface area contributed by atoms with E-state index in [2.05, 4.69) is 15.6 Å². The van der Waals surface area contributed by atoms with Gasteiger partial charge in [-0.15, -0.1) is 0 Å². The number of aromatic nitrogens is 1. The monoisotopic (exact) mass is 381 g/mol. The van der Waals surface area contributed by atoms with Crippen LogP contribution in [0.2, 0.25) is 0 Å². The fourth-order valence-corrected chi connectivity index (χ4v) is 5.03. The van der Waals surface area contributed by atoms with E-state index in [1.165, 1.54) is 11.3 Å². The molecule has 7 heteroatoms. The van der Waals surface area contributed by atoms with Gasteiger partial charge >= 0.3 is 0 Å². The number of benzene rings is 1. The van der Waals surface area contributed by atoms with Crippen molar-refractivity contribution >= 4 is 28.5 Å². The molecule has 2 unspecified atom stereocenters. The molecule has 1 aromatic heterocycles. The highest BCUT2D eigenvalue weighted by atomic mass is 32.1. The van der Waals surface area contributed by atoms with Gasteiger partial charge in [0.15, 0.2) is 5.13 Å². The van der Waals surface area contributed by atoms with Gasteiger partial charge in [0.05, 0.1) is 17.6 Å². The van der Waals surface area contributed by atoms with Crippen molar-refractivity contribution in [1.29, 1.82) is 0 Å². The molecule has 6 nitrogen and oxygen atoms in total. The third-order valence-corrected chi connectivity index (χ3v) is 6.59. The molecule has 1 amide bonds. The summed E-state index contributed by atoms with van der Waals surface area (Å²) in [5.74, 6) is 0.780. The quantitative estimate of drug-likeness (QED) is 0.811. The molecule has 5 rings (SSSR count). The van der Waals surface area contributed by atoms with E-state index in [1.54, 1.807) is 11.3 Å². The lowest BCUT2D eigenvalue weighted by molar-refractivity contribution is -0.131. The summed E-state index contributed by atoms with van der Waals surface area (Å²) in [6, 6.07) is 7.54. The maximum absolute atomic E-state index is 12.9. The number of hydrogen-bond acceptors (Lipinski definition) is 6. The number of amides is 1. The Bertz CT molecular complexity index is 943. The molecule has 2 N–H and O–H groups in total. The van der Waals surface area contributed by atoms with Crippen LogP contribution in [0.4, 0.5) is 5.13 Å². The van der Waals surface area contributed by atoms with Gasteiger partial charge in [0.1, 0.15) is 6.04 Å². The second kappa shape index (κ2) is 7.05. The van der Waals surface area contributed by atoms with Gasteiger partial charge in [0.2, 0.25) is 0 Å². The molecule has 0 aliphatic carbocycles. The number of fused-ring (bicyclic) bond motifs is 2. The van der Waals surface area contributed by atoms with Crippen LogP contribution in [0.3, 0.4) is 0 Å². The van der Waals surface area contributed by atoms with Gasteiger partial charge in [0, 0.05) is 24.4 Å². The third-order valence-electron chi connectivity index (χ3n) is 5.55. The first-order valence-electron chi connectivity index (χ1n) is 9.63. The first kappa shape index (κ1) is 16.9. The Morgan fingerprint density at radius 2 is 2.30 bits per heavy atom. The number of rotatable bonds is 4. The SMILES string of the molecule is O=C(C1C=c2ccccc2=N1)N1CCc2nc(NCC3CCNC3)sc2C1. The number of para-hydroxylation sites is 1. The largest absolute Gasteiger partial charge is 0.361 e. The van der Waals surface area contributed by atoms with E-state index in [0.29, 0.717) is 12.5 Å². The topological polar surface area (TPSA) is 69.6 Å². The molecule has 1 saturated heterocycles. The molecular formula is C20H23N5OS. The summed E-state index contributed by atoms with van der Waals surface area (Å²) in [6.45, 7) is 4.54. The lowest BCUT2D eigenvalue weighted by Crippen LogP contribution is -2.40. The first-order valence-corrected chi connectivity index (χ1v) is 10.4. The molecule has 3 aliphatic heterocycles. The Labute approximate surface area is 162 Å². The van der Waals surface area contributed by atoms with Crippen LogP contribution in [0.25, 0.3) is 6.08 Å². The highest BCUT2D eigenvalue weighted by molar-refractivity contribution is 7.15. The molecule has 0 radical (unpaired) electrons. The van der Waals surface area contributed by atoms with Crippen molar-refractivity contribution in [2.45, 2.75) is 25.4 Å². The number of hydrogen-bond donors (Lipinski definition) is 2. The Hall–Kier alpha value is -2.25. The third kappa shape index (κ3) is 3.37. The molecule has 27 heavy (non-hydrogen) atoms.